The van der Waals surface area contributed by atoms with Crippen molar-refractivity contribution in [2.45, 2.75) is 72.0 Å². The molecule has 5 heteroatoms. The van der Waals surface area contributed by atoms with E-state index in [1.54, 1.807) is 34.6 Å². The number of unbranched alkanes of at least 4 members (excludes halogenated alkanes) is 1. The third-order valence-corrected chi connectivity index (χ3v) is 2.98. The van der Waals surface area contributed by atoms with Crippen molar-refractivity contribution in [1.29, 1.82) is 0 Å². The third-order valence-electron chi connectivity index (χ3n) is 2.98. The molecule has 0 heterocycles. The summed E-state index contributed by atoms with van der Waals surface area (Å²) in [6.07, 6.45) is 1.39. The quantitative estimate of drug-likeness (QED) is 0.549. The molecule has 0 aromatic carbocycles. The van der Waals surface area contributed by atoms with Crippen LogP contribution in [0.4, 0.5) is 0 Å². The van der Waals surface area contributed by atoms with Gasteiger partial charge in [0, 0.05) is 6.61 Å². The second kappa shape index (κ2) is 7.62. The van der Waals surface area contributed by atoms with E-state index >= 15 is 0 Å². The fourth-order valence-corrected chi connectivity index (χ4v) is 1.80. The molecule has 0 amide bonds. The average Bonchev–Trinajstić information content (AvgIpc) is 2.24. The van der Waals surface area contributed by atoms with Gasteiger partial charge in [0.25, 0.3) is 0 Å². The van der Waals surface area contributed by atoms with E-state index in [2.05, 4.69) is 0 Å². The maximum atomic E-state index is 12.0. The van der Waals surface area contributed by atoms with E-state index in [1.165, 1.54) is 0 Å². The van der Waals surface area contributed by atoms with E-state index in [-0.39, 0.29) is 12.3 Å². The van der Waals surface area contributed by atoms with Gasteiger partial charge in [-0.15, -0.1) is 0 Å². The molecular weight excluding hydrogens is 260 g/mol. The summed E-state index contributed by atoms with van der Waals surface area (Å²) in [4.78, 5) is 23.6. The van der Waals surface area contributed by atoms with Crippen molar-refractivity contribution in [1.82, 2.24) is 0 Å². The largest absolute Gasteiger partial charge is 0.479 e. The lowest BCUT2D eigenvalue weighted by molar-refractivity contribution is -0.185. The fourth-order valence-electron chi connectivity index (χ4n) is 1.80. The highest BCUT2D eigenvalue weighted by Gasteiger charge is 2.46. The van der Waals surface area contributed by atoms with E-state index in [1.807, 2.05) is 6.92 Å². The Kier molecular flexibility index (Phi) is 7.20. The molecule has 118 valence electrons. The molecule has 0 unspecified atom stereocenters. The third kappa shape index (κ3) is 5.90. The first-order chi connectivity index (χ1) is 9.05. The molecule has 1 N–H and O–H groups in total. The van der Waals surface area contributed by atoms with E-state index < -0.39 is 23.1 Å². The molecule has 0 aromatic heterocycles. The normalized spacial score (nSPS) is 14.9. The Labute approximate surface area is 121 Å². The summed E-state index contributed by atoms with van der Waals surface area (Å²) in [5, 5.41) is 9.51. The Bertz CT molecular complexity index is 330. The lowest BCUT2D eigenvalue weighted by Crippen LogP contribution is -2.49. The monoisotopic (exact) mass is 288 g/mol. The molecule has 0 spiro atoms. The van der Waals surface area contributed by atoms with E-state index in [9.17, 15) is 14.7 Å². The van der Waals surface area contributed by atoms with Crippen LogP contribution in [0.3, 0.4) is 0 Å². The highest BCUT2D eigenvalue weighted by atomic mass is 16.6. The topological polar surface area (TPSA) is 72.8 Å². The maximum Gasteiger partial charge on any atom is 0.336 e. The number of carboxylic acid groups (broad SMARTS) is 1. The van der Waals surface area contributed by atoms with E-state index in [0.29, 0.717) is 6.61 Å². The van der Waals surface area contributed by atoms with Crippen LogP contribution in [0.2, 0.25) is 0 Å². The molecule has 0 aliphatic carbocycles. The average molecular weight is 288 g/mol. The summed E-state index contributed by atoms with van der Waals surface area (Å²) < 4.78 is 10.8. The van der Waals surface area contributed by atoms with Gasteiger partial charge in [-0.05, 0) is 33.1 Å². The van der Waals surface area contributed by atoms with Crippen LogP contribution in [0.25, 0.3) is 0 Å². The maximum absolute atomic E-state index is 12.0. The second-order valence-corrected chi connectivity index (χ2v) is 6.31. The van der Waals surface area contributed by atoms with Crippen LogP contribution in [-0.4, -0.2) is 34.9 Å². The summed E-state index contributed by atoms with van der Waals surface area (Å²) in [6.45, 7) is 11.1. The molecule has 0 aliphatic rings. The fraction of sp³-hybridized carbons (Fsp3) is 0.867. The first-order valence-corrected chi connectivity index (χ1v) is 7.14. The van der Waals surface area contributed by atoms with Crippen LogP contribution >= 0.6 is 0 Å². The summed E-state index contributed by atoms with van der Waals surface area (Å²) in [5.41, 5.74) is -2.15. The minimum absolute atomic E-state index is 0.277. The molecule has 20 heavy (non-hydrogen) atoms. The number of carboxylic acids is 1. The van der Waals surface area contributed by atoms with Gasteiger partial charge >= 0.3 is 11.9 Å². The molecule has 0 radical (unpaired) electrons. The van der Waals surface area contributed by atoms with Crippen LogP contribution < -0.4 is 0 Å². The zero-order chi connectivity index (χ0) is 16.0. The lowest BCUT2D eigenvalue weighted by atomic mass is 9.86. The summed E-state index contributed by atoms with van der Waals surface area (Å²) in [5.74, 6) is -2.00. The zero-order valence-electron chi connectivity index (χ0n) is 13.5. The van der Waals surface area contributed by atoms with Gasteiger partial charge in [0.1, 0.15) is 5.60 Å². The van der Waals surface area contributed by atoms with E-state index in [0.717, 1.165) is 12.8 Å². The molecule has 5 nitrogen and oxygen atoms in total. The number of hydrogen-bond donors (Lipinski definition) is 1. The molecule has 1 atom stereocenters. The highest BCUT2D eigenvalue weighted by Crippen LogP contribution is 2.28. The molecule has 0 saturated carbocycles. The first kappa shape index (κ1) is 18.9. The number of ether oxygens (including phenoxy) is 2. The number of aliphatic carboxylic acids is 1. The van der Waals surface area contributed by atoms with Crippen LogP contribution in [0, 0.1) is 5.92 Å². The van der Waals surface area contributed by atoms with Crippen molar-refractivity contribution >= 4 is 11.9 Å². The Morgan fingerprint density at radius 3 is 2.10 bits per heavy atom. The number of hydrogen-bond acceptors (Lipinski definition) is 4. The van der Waals surface area contributed by atoms with Crippen molar-refractivity contribution in [3.63, 3.8) is 0 Å². The van der Waals surface area contributed by atoms with Gasteiger partial charge in [-0.3, -0.25) is 4.79 Å². The summed E-state index contributed by atoms with van der Waals surface area (Å²) >= 11 is 0. The van der Waals surface area contributed by atoms with E-state index in [4.69, 9.17) is 9.47 Å². The summed E-state index contributed by atoms with van der Waals surface area (Å²) in [6, 6.07) is 0. The van der Waals surface area contributed by atoms with Gasteiger partial charge in [0.05, 0.1) is 6.42 Å². The minimum atomic E-state index is -1.52. The minimum Gasteiger partial charge on any atom is -0.479 e. The number of esters is 1. The van der Waals surface area contributed by atoms with Gasteiger partial charge < -0.3 is 14.6 Å². The highest BCUT2D eigenvalue weighted by molar-refractivity contribution is 5.85. The molecule has 0 aliphatic heterocycles. The molecule has 0 saturated heterocycles. The smallest absolute Gasteiger partial charge is 0.336 e. The van der Waals surface area contributed by atoms with Crippen molar-refractivity contribution in [3.05, 3.63) is 0 Å². The first-order valence-electron chi connectivity index (χ1n) is 7.14. The number of carbonyl (C=O) groups excluding carboxylic acids is 1. The standard InChI is InChI=1S/C15H28O5/c1-7-8-9-19-15(11(2)3,13(17)18)10-12(16)20-14(4,5)6/h11H,7-10H2,1-6H3,(H,17,18)/t15-/m0/s1. The van der Waals surface area contributed by atoms with Crippen molar-refractivity contribution in [2.75, 3.05) is 6.61 Å². The predicted octanol–water partition coefficient (Wildman–Crippen LogP) is 3.01. The second-order valence-electron chi connectivity index (χ2n) is 6.31. The van der Waals surface area contributed by atoms with Crippen molar-refractivity contribution in [3.8, 4) is 0 Å². The summed E-state index contributed by atoms with van der Waals surface area (Å²) in [7, 11) is 0. The Morgan fingerprint density at radius 1 is 1.20 bits per heavy atom. The molecule has 0 fully saturated rings. The molecule has 0 bridgehead atoms. The molecule has 0 rings (SSSR count). The van der Waals surface area contributed by atoms with Crippen LogP contribution in [0.1, 0.15) is 60.8 Å². The van der Waals surface area contributed by atoms with Gasteiger partial charge in [0.2, 0.25) is 0 Å². The predicted molar refractivity (Wildman–Crippen MR) is 76.5 cm³/mol. The lowest BCUT2D eigenvalue weighted by Gasteiger charge is -2.33. The van der Waals surface area contributed by atoms with Crippen LogP contribution in [0.5, 0.6) is 0 Å². The van der Waals surface area contributed by atoms with Crippen LogP contribution in [-0.2, 0) is 19.1 Å². The Hall–Kier alpha value is -1.10. The SMILES string of the molecule is CCCCO[C@](CC(=O)OC(C)(C)C)(C(=O)O)C(C)C. The number of rotatable bonds is 8. The van der Waals surface area contributed by atoms with Crippen molar-refractivity contribution < 1.29 is 24.2 Å². The zero-order valence-corrected chi connectivity index (χ0v) is 13.5. The number of carbonyl (C=O) groups is 2. The van der Waals surface area contributed by atoms with Crippen LogP contribution in [0.15, 0.2) is 0 Å². The Balaban J connectivity index is 5.01. The van der Waals surface area contributed by atoms with Crippen molar-refractivity contribution in [2.24, 2.45) is 5.92 Å². The van der Waals surface area contributed by atoms with Gasteiger partial charge in [-0.2, -0.15) is 0 Å². The van der Waals surface area contributed by atoms with Gasteiger partial charge in [-0.1, -0.05) is 27.2 Å². The van der Waals surface area contributed by atoms with Gasteiger partial charge in [-0.25, -0.2) is 4.79 Å². The molecular formula is C15H28O5. The Morgan fingerprint density at radius 2 is 1.75 bits per heavy atom. The molecule has 0 aromatic rings. The van der Waals surface area contributed by atoms with Gasteiger partial charge in [0.15, 0.2) is 5.60 Å².